The molecule has 126 valence electrons. The first-order valence-corrected chi connectivity index (χ1v) is 8.48. The summed E-state index contributed by atoms with van der Waals surface area (Å²) in [6.07, 6.45) is 10.2. The van der Waals surface area contributed by atoms with Crippen LogP contribution in [-0.2, 0) is 16.1 Å². The Morgan fingerprint density at radius 2 is 1.70 bits per heavy atom. The van der Waals surface area contributed by atoms with Crippen molar-refractivity contribution in [2.45, 2.75) is 65.0 Å². The van der Waals surface area contributed by atoms with Crippen molar-refractivity contribution in [1.82, 2.24) is 15.6 Å². The Kier molecular flexibility index (Phi) is 6.13. The van der Waals surface area contributed by atoms with Gasteiger partial charge in [-0.15, -0.1) is 0 Å². The maximum atomic E-state index is 12.5. The number of rotatable bonds is 5. The smallest absolute Gasteiger partial charge is 0.235 e. The topological polar surface area (TPSA) is 71.1 Å². The molecule has 0 saturated heterocycles. The predicted octanol–water partition coefficient (Wildman–Crippen LogP) is 2.56. The Morgan fingerprint density at radius 1 is 1.09 bits per heavy atom. The van der Waals surface area contributed by atoms with Gasteiger partial charge in [0.1, 0.15) is 5.41 Å². The van der Waals surface area contributed by atoms with Gasteiger partial charge in [-0.2, -0.15) is 0 Å². The number of hydrogen-bond donors (Lipinski definition) is 2. The van der Waals surface area contributed by atoms with Crippen molar-refractivity contribution in [3.8, 4) is 0 Å². The third kappa shape index (κ3) is 5.05. The molecule has 0 radical (unpaired) electrons. The van der Waals surface area contributed by atoms with Crippen LogP contribution in [-0.4, -0.2) is 22.8 Å². The van der Waals surface area contributed by atoms with Crippen molar-refractivity contribution in [3.05, 3.63) is 30.1 Å². The van der Waals surface area contributed by atoms with Gasteiger partial charge in [0.05, 0.1) is 0 Å². The highest BCUT2D eigenvalue weighted by Crippen LogP contribution is 2.21. The van der Waals surface area contributed by atoms with Crippen molar-refractivity contribution in [2.24, 2.45) is 5.41 Å². The lowest BCUT2D eigenvalue weighted by molar-refractivity contribution is -0.141. The minimum absolute atomic E-state index is 0.184. The minimum atomic E-state index is -1.07. The van der Waals surface area contributed by atoms with Crippen molar-refractivity contribution < 1.29 is 9.59 Å². The standard InChI is InChI=1S/C18H27N3O2/c1-18(2,16(22)20-13-14-9-11-19-12-10-14)17(23)21-15-7-5-3-4-6-8-15/h9-12,15H,3-8,13H2,1-2H3,(H,20,22)(H,21,23). The summed E-state index contributed by atoms with van der Waals surface area (Å²) in [6, 6.07) is 3.90. The van der Waals surface area contributed by atoms with E-state index < -0.39 is 5.41 Å². The minimum Gasteiger partial charge on any atom is -0.352 e. The molecule has 1 heterocycles. The van der Waals surface area contributed by atoms with Crippen molar-refractivity contribution in [3.63, 3.8) is 0 Å². The van der Waals surface area contributed by atoms with E-state index in [0.717, 1.165) is 31.2 Å². The number of aromatic nitrogens is 1. The lowest BCUT2D eigenvalue weighted by atomic mass is 9.90. The van der Waals surface area contributed by atoms with Crippen LogP contribution in [0.25, 0.3) is 0 Å². The molecule has 23 heavy (non-hydrogen) atoms. The molecule has 0 unspecified atom stereocenters. The SMILES string of the molecule is CC(C)(C(=O)NCc1ccncc1)C(=O)NC1CCCCCC1. The van der Waals surface area contributed by atoms with Gasteiger partial charge in [0.15, 0.2) is 0 Å². The van der Waals surface area contributed by atoms with E-state index in [4.69, 9.17) is 0 Å². The second kappa shape index (κ2) is 8.09. The Bertz CT molecular complexity index is 520. The van der Waals surface area contributed by atoms with Crippen LogP contribution in [0.1, 0.15) is 57.9 Å². The van der Waals surface area contributed by atoms with Gasteiger partial charge >= 0.3 is 0 Å². The number of nitrogens with zero attached hydrogens (tertiary/aromatic N) is 1. The van der Waals surface area contributed by atoms with Gasteiger partial charge in [0, 0.05) is 25.0 Å². The summed E-state index contributed by atoms with van der Waals surface area (Å²) in [7, 11) is 0. The van der Waals surface area contributed by atoms with E-state index in [9.17, 15) is 9.59 Å². The summed E-state index contributed by atoms with van der Waals surface area (Å²) in [5.41, 5.74) is -0.104. The number of pyridine rings is 1. The van der Waals surface area contributed by atoms with Crippen LogP contribution < -0.4 is 10.6 Å². The highest BCUT2D eigenvalue weighted by Gasteiger charge is 2.36. The second-order valence-corrected chi connectivity index (χ2v) is 6.83. The Labute approximate surface area is 138 Å². The van der Waals surface area contributed by atoms with Gasteiger partial charge in [-0.3, -0.25) is 14.6 Å². The first kappa shape index (κ1) is 17.4. The Hall–Kier alpha value is -1.91. The molecule has 1 fully saturated rings. The molecule has 0 atom stereocenters. The third-order valence-electron chi connectivity index (χ3n) is 4.53. The zero-order valence-electron chi connectivity index (χ0n) is 14.1. The molecule has 0 aromatic carbocycles. The summed E-state index contributed by atoms with van der Waals surface area (Å²) in [4.78, 5) is 28.9. The van der Waals surface area contributed by atoms with Gasteiger partial charge < -0.3 is 10.6 Å². The first-order chi connectivity index (χ1) is 11.0. The normalized spacial score (nSPS) is 16.4. The van der Waals surface area contributed by atoms with Crippen molar-refractivity contribution in [1.29, 1.82) is 0 Å². The number of nitrogens with one attached hydrogen (secondary N) is 2. The van der Waals surface area contributed by atoms with E-state index in [-0.39, 0.29) is 17.9 Å². The van der Waals surface area contributed by atoms with Crippen LogP contribution in [0.5, 0.6) is 0 Å². The van der Waals surface area contributed by atoms with E-state index in [0.29, 0.717) is 6.54 Å². The quantitative estimate of drug-likeness (QED) is 0.647. The fourth-order valence-electron chi connectivity index (χ4n) is 2.80. The van der Waals surface area contributed by atoms with Crippen LogP contribution in [0.15, 0.2) is 24.5 Å². The molecule has 5 heteroatoms. The molecule has 1 aromatic heterocycles. The molecule has 2 N–H and O–H groups in total. The van der Waals surface area contributed by atoms with Crippen molar-refractivity contribution in [2.75, 3.05) is 0 Å². The molecule has 2 amide bonds. The molecule has 1 aliphatic carbocycles. The van der Waals surface area contributed by atoms with E-state index in [2.05, 4.69) is 15.6 Å². The van der Waals surface area contributed by atoms with E-state index in [1.165, 1.54) is 12.8 Å². The maximum absolute atomic E-state index is 12.5. The zero-order chi connectivity index (χ0) is 16.7. The van der Waals surface area contributed by atoms with Crippen LogP contribution in [0.3, 0.4) is 0 Å². The average molecular weight is 317 g/mol. The number of carbonyl (C=O) groups is 2. The van der Waals surface area contributed by atoms with Crippen molar-refractivity contribution >= 4 is 11.8 Å². The van der Waals surface area contributed by atoms with Gasteiger partial charge in [0.25, 0.3) is 0 Å². The average Bonchev–Trinajstić information content (AvgIpc) is 2.82. The summed E-state index contributed by atoms with van der Waals surface area (Å²) in [6.45, 7) is 3.77. The Balaban J connectivity index is 1.87. The Morgan fingerprint density at radius 3 is 2.30 bits per heavy atom. The molecule has 1 saturated carbocycles. The van der Waals surface area contributed by atoms with Crippen LogP contribution in [0, 0.1) is 5.41 Å². The van der Waals surface area contributed by atoms with E-state index in [1.54, 1.807) is 26.2 Å². The van der Waals surface area contributed by atoms with Gasteiger partial charge in [-0.1, -0.05) is 25.7 Å². The van der Waals surface area contributed by atoms with Gasteiger partial charge in [-0.05, 0) is 44.4 Å². The third-order valence-corrected chi connectivity index (χ3v) is 4.53. The highest BCUT2D eigenvalue weighted by atomic mass is 16.2. The maximum Gasteiger partial charge on any atom is 0.235 e. The monoisotopic (exact) mass is 317 g/mol. The molecule has 2 rings (SSSR count). The summed E-state index contributed by atoms with van der Waals surface area (Å²) >= 11 is 0. The lowest BCUT2D eigenvalue weighted by Gasteiger charge is -2.26. The van der Waals surface area contributed by atoms with Gasteiger partial charge in [0.2, 0.25) is 11.8 Å². The van der Waals surface area contributed by atoms with Crippen LogP contribution in [0.2, 0.25) is 0 Å². The molecule has 1 aromatic rings. The summed E-state index contributed by atoms with van der Waals surface area (Å²) < 4.78 is 0. The number of amides is 2. The van der Waals surface area contributed by atoms with Crippen LogP contribution in [0.4, 0.5) is 0 Å². The summed E-state index contributed by atoms with van der Waals surface area (Å²) in [5, 5.41) is 5.91. The molecule has 0 bridgehead atoms. The fourth-order valence-corrected chi connectivity index (χ4v) is 2.80. The molecular formula is C18H27N3O2. The fraction of sp³-hybridized carbons (Fsp3) is 0.611. The molecule has 5 nitrogen and oxygen atoms in total. The molecule has 1 aliphatic rings. The molecule has 0 spiro atoms. The van der Waals surface area contributed by atoms with Gasteiger partial charge in [-0.25, -0.2) is 0 Å². The predicted molar refractivity (Wildman–Crippen MR) is 89.5 cm³/mol. The highest BCUT2D eigenvalue weighted by molar-refractivity contribution is 6.04. The second-order valence-electron chi connectivity index (χ2n) is 6.83. The first-order valence-electron chi connectivity index (χ1n) is 8.48. The molecular weight excluding hydrogens is 290 g/mol. The number of carbonyl (C=O) groups excluding carboxylic acids is 2. The largest absolute Gasteiger partial charge is 0.352 e. The van der Waals surface area contributed by atoms with E-state index >= 15 is 0 Å². The van der Waals surface area contributed by atoms with Crippen LogP contribution >= 0.6 is 0 Å². The van der Waals surface area contributed by atoms with E-state index in [1.807, 2.05) is 12.1 Å². The molecule has 0 aliphatic heterocycles. The lowest BCUT2D eigenvalue weighted by Crippen LogP contribution is -2.50. The zero-order valence-corrected chi connectivity index (χ0v) is 14.1. The number of hydrogen-bond acceptors (Lipinski definition) is 3. The summed E-state index contributed by atoms with van der Waals surface area (Å²) in [5.74, 6) is -0.433.